The van der Waals surface area contributed by atoms with Crippen LogP contribution in [0.2, 0.25) is 0 Å². The van der Waals surface area contributed by atoms with Gasteiger partial charge in [-0.25, -0.2) is 13.1 Å². The van der Waals surface area contributed by atoms with Gasteiger partial charge >= 0.3 is 0 Å². The Hall–Kier alpha value is -0.470. The Bertz CT molecular complexity index is 467. The second kappa shape index (κ2) is 7.96. The van der Waals surface area contributed by atoms with Crippen LogP contribution >= 0.6 is 11.3 Å². The van der Waals surface area contributed by atoms with Gasteiger partial charge in [0.2, 0.25) is 10.0 Å². The molecule has 0 bridgehead atoms. The highest BCUT2D eigenvalue weighted by Crippen LogP contribution is 2.21. The molecule has 19 heavy (non-hydrogen) atoms. The molecule has 0 radical (unpaired) electrons. The van der Waals surface area contributed by atoms with Crippen molar-refractivity contribution in [3.63, 3.8) is 0 Å². The Morgan fingerprint density at radius 1 is 1.32 bits per heavy atom. The molecule has 110 valence electrons. The molecule has 0 saturated carbocycles. The Balaban J connectivity index is 2.43. The minimum absolute atomic E-state index is 0.123. The summed E-state index contributed by atoms with van der Waals surface area (Å²) < 4.78 is 26.8. The van der Waals surface area contributed by atoms with E-state index in [-0.39, 0.29) is 10.8 Å². The predicted molar refractivity (Wildman–Crippen MR) is 77.8 cm³/mol. The minimum Gasteiger partial charge on any atom is -0.391 e. The SMILES string of the molecule is CCN(CC)CCCNS(=O)(=O)c1ccc(CO)s1. The summed E-state index contributed by atoms with van der Waals surface area (Å²) in [6.45, 7) is 7.35. The van der Waals surface area contributed by atoms with Gasteiger partial charge < -0.3 is 10.0 Å². The molecule has 0 aliphatic rings. The van der Waals surface area contributed by atoms with E-state index in [4.69, 9.17) is 5.11 Å². The summed E-state index contributed by atoms with van der Waals surface area (Å²) in [7, 11) is -3.42. The van der Waals surface area contributed by atoms with E-state index < -0.39 is 10.0 Å². The van der Waals surface area contributed by atoms with Gasteiger partial charge in [0.1, 0.15) is 4.21 Å². The van der Waals surface area contributed by atoms with Gasteiger partial charge in [-0.1, -0.05) is 13.8 Å². The van der Waals surface area contributed by atoms with Crippen LogP contribution in [0.1, 0.15) is 25.1 Å². The van der Waals surface area contributed by atoms with Crippen LogP contribution in [0.25, 0.3) is 0 Å². The quantitative estimate of drug-likeness (QED) is 0.674. The number of thiophene rings is 1. The summed E-state index contributed by atoms with van der Waals surface area (Å²) in [5.74, 6) is 0. The van der Waals surface area contributed by atoms with Crippen LogP contribution in [0, 0.1) is 0 Å². The van der Waals surface area contributed by atoms with Crippen LogP contribution in [0.4, 0.5) is 0 Å². The van der Waals surface area contributed by atoms with Crippen LogP contribution in [-0.2, 0) is 16.6 Å². The summed E-state index contributed by atoms with van der Waals surface area (Å²) in [5.41, 5.74) is 0. The van der Waals surface area contributed by atoms with Gasteiger partial charge in [0.15, 0.2) is 0 Å². The molecule has 0 aliphatic heterocycles. The first-order valence-corrected chi connectivity index (χ1v) is 8.75. The number of hydrogen-bond donors (Lipinski definition) is 2. The summed E-state index contributed by atoms with van der Waals surface area (Å²) in [6, 6.07) is 3.16. The maximum absolute atomic E-state index is 11.9. The highest BCUT2D eigenvalue weighted by Gasteiger charge is 2.15. The summed E-state index contributed by atoms with van der Waals surface area (Å²) >= 11 is 1.10. The zero-order chi connectivity index (χ0) is 14.3. The number of rotatable bonds is 9. The first-order chi connectivity index (χ1) is 9.03. The highest BCUT2D eigenvalue weighted by atomic mass is 32.2. The number of aliphatic hydroxyl groups is 1. The van der Waals surface area contributed by atoms with Crippen molar-refractivity contribution in [3.05, 3.63) is 17.0 Å². The highest BCUT2D eigenvalue weighted by molar-refractivity contribution is 7.91. The molecule has 0 spiro atoms. The van der Waals surface area contributed by atoms with Crippen LogP contribution in [0.5, 0.6) is 0 Å². The number of nitrogens with zero attached hydrogens (tertiary/aromatic N) is 1. The third kappa shape index (κ3) is 5.19. The lowest BCUT2D eigenvalue weighted by atomic mass is 10.4. The van der Waals surface area contributed by atoms with Crippen LogP contribution < -0.4 is 4.72 Å². The largest absolute Gasteiger partial charge is 0.391 e. The van der Waals surface area contributed by atoms with Crippen molar-refractivity contribution in [2.45, 2.75) is 31.1 Å². The number of hydrogen-bond acceptors (Lipinski definition) is 5. The number of nitrogens with one attached hydrogen (secondary N) is 1. The van der Waals surface area contributed by atoms with Crippen LogP contribution in [0.3, 0.4) is 0 Å². The average Bonchev–Trinajstić information content (AvgIpc) is 2.88. The summed E-state index contributed by atoms with van der Waals surface area (Å²) in [5, 5.41) is 8.94. The third-order valence-corrected chi connectivity index (χ3v) is 5.92. The van der Waals surface area contributed by atoms with Crippen molar-refractivity contribution in [1.82, 2.24) is 9.62 Å². The predicted octanol–water partition coefficient (Wildman–Crippen LogP) is 1.25. The zero-order valence-corrected chi connectivity index (χ0v) is 13.1. The number of aliphatic hydroxyl groups excluding tert-OH is 1. The minimum atomic E-state index is -3.42. The van der Waals surface area contributed by atoms with Gasteiger partial charge in [0.25, 0.3) is 0 Å². The van der Waals surface area contributed by atoms with Gasteiger partial charge in [-0.3, -0.25) is 0 Å². The number of sulfonamides is 1. The molecule has 1 heterocycles. The molecule has 0 aliphatic carbocycles. The van der Waals surface area contributed by atoms with E-state index in [9.17, 15) is 8.42 Å². The summed E-state index contributed by atoms with van der Waals surface area (Å²) in [4.78, 5) is 2.91. The Morgan fingerprint density at radius 3 is 2.53 bits per heavy atom. The van der Waals surface area contributed by atoms with E-state index in [1.807, 2.05) is 0 Å². The molecule has 2 N–H and O–H groups in total. The van der Waals surface area contributed by atoms with E-state index in [0.29, 0.717) is 11.4 Å². The second-order valence-corrected chi connectivity index (χ2v) is 7.32. The molecule has 7 heteroatoms. The van der Waals surface area contributed by atoms with Gasteiger partial charge in [-0.05, 0) is 38.2 Å². The fraction of sp³-hybridized carbons (Fsp3) is 0.667. The molecule has 0 saturated heterocycles. The van der Waals surface area contributed by atoms with Crippen molar-refractivity contribution < 1.29 is 13.5 Å². The molecule has 1 aromatic rings. The van der Waals surface area contributed by atoms with E-state index in [0.717, 1.165) is 37.4 Å². The van der Waals surface area contributed by atoms with Crippen molar-refractivity contribution in [2.24, 2.45) is 0 Å². The van der Waals surface area contributed by atoms with E-state index in [1.54, 1.807) is 6.07 Å². The Labute approximate surface area is 119 Å². The van der Waals surface area contributed by atoms with Crippen molar-refractivity contribution in [1.29, 1.82) is 0 Å². The van der Waals surface area contributed by atoms with Gasteiger partial charge in [-0.2, -0.15) is 0 Å². The monoisotopic (exact) mass is 306 g/mol. The molecule has 5 nitrogen and oxygen atoms in total. The van der Waals surface area contributed by atoms with Crippen molar-refractivity contribution in [3.8, 4) is 0 Å². The second-order valence-electron chi connectivity index (χ2n) is 4.16. The van der Waals surface area contributed by atoms with Gasteiger partial charge in [-0.15, -0.1) is 11.3 Å². The average molecular weight is 306 g/mol. The van der Waals surface area contributed by atoms with Gasteiger partial charge in [0, 0.05) is 11.4 Å². The van der Waals surface area contributed by atoms with Crippen molar-refractivity contribution >= 4 is 21.4 Å². The Kier molecular flexibility index (Phi) is 6.95. The lowest BCUT2D eigenvalue weighted by Crippen LogP contribution is -2.29. The van der Waals surface area contributed by atoms with E-state index >= 15 is 0 Å². The molecular formula is C12H22N2O3S2. The first-order valence-electron chi connectivity index (χ1n) is 6.45. The van der Waals surface area contributed by atoms with Crippen molar-refractivity contribution in [2.75, 3.05) is 26.2 Å². The zero-order valence-electron chi connectivity index (χ0n) is 11.4. The topological polar surface area (TPSA) is 69.6 Å². The fourth-order valence-electron chi connectivity index (χ4n) is 1.71. The lowest BCUT2D eigenvalue weighted by molar-refractivity contribution is 0.285. The Morgan fingerprint density at radius 2 is 2.00 bits per heavy atom. The molecule has 0 amide bonds. The molecule has 0 atom stereocenters. The lowest BCUT2D eigenvalue weighted by Gasteiger charge is -2.17. The molecule has 1 rings (SSSR count). The van der Waals surface area contributed by atoms with E-state index in [1.165, 1.54) is 6.07 Å². The normalized spacial score (nSPS) is 12.2. The van der Waals surface area contributed by atoms with Crippen LogP contribution in [0.15, 0.2) is 16.3 Å². The molecular weight excluding hydrogens is 284 g/mol. The smallest absolute Gasteiger partial charge is 0.250 e. The van der Waals surface area contributed by atoms with E-state index in [2.05, 4.69) is 23.5 Å². The maximum atomic E-state index is 11.9. The molecule has 0 fully saturated rings. The molecule has 1 aromatic heterocycles. The maximum Gasteiger partial charge on any atom is 0.250 e. The van der Waals surface area contributed by atoms with Crippen LogP contribution in [-0.4, -0.2) is 44.6 Å². The summed E-state index contributed by atoms with van der Waals surface area (Å²) in [6.07, 6.45) is 0.791. The molecule has 0 unspecified atom stereocenters. The fourth-order valence-corrected chi connectivity index (χ4v) is 4.04. The third-order valence-electron chi connectivity index (χ3n) is 2.90. The standard InChI is InChI=1S/C12H22N2O3S2/c1-3-14(4-2)9-5-8-13-19(16,17)12-7-6-11(10-15)18-12/h6-7,13,15H,3-5,8-10H2,1-2H3. The molecule has 0 aromatic carbocycles. The van der Waals surface area contributed by atoms with Gasteiger partial charge in [0.05, 0.1) is 6.61 Å². The first kappa shape index (κ1) is 16.6.